The first kappa shape index (κ1) is 18.6. The molecule has 0 saturated heterocycles. The van der Waals surface area contributed by atoms with Gasteiger partial charge in [0.2, 0.25) is 0 Å². The van der Waals surface area contributed by atoms with Gasteiger partial charge in [0.1, 0.15) is 0 Å². The van der Waals surface area contributed by atoms with Gasteiger partial charge in [-0.2, -0.15) is 0 Å². The van der Waals surface area contributed by atoms with Gasteiger partial charge in [-0.25, -0.2) is 0 Å². The smallest absolute Gasteiger partial charge is 0.0651 e. The largest absolute Gasteiger partial charge is 0.394 e. The van der Waals surface area contributed by atoms with Gasteiger partial charge in [0, 0.05) is 5.54 Å². The van der Waals surface area contributed by atoms with Crippen molar-refractivity contribution in [3.63, 3.8) is 0 Å². The van der Waals surface area contributed by atoms with Crippen LogP contribution >= 0.6 is 0 Å². The van der Waals surface area contributed by atoms with Gasteiger partial charge in [-0.15, -0.1) is 0 Å². The summed E-state index contributed by atoms with van der Waals surface area (Å²) < 4.78 is 6.03. The number of aliphatic hydroxyl groups excluding tert-OH is 1. The average molecular weight is 344 g/mol. The van der Waals surface area contributed by atoms with Crippen LogP contribution in [0, 0.1) is 0 Å². The molecule has 0 aromatic heterocycles. The molecular weight excluding hydrogens is 310 g/mol. The maximum absolute atomic E-state index is 9.49. The van der Waals surface area contributed by atoms with Crippen LogP contribution in [0.1, 0.15) is 68.1 Å². The second-order valence-corrected chi connectivity index (χ2v) is 7.95. The Morgan fingerprint density at radius 2 is 2.16 bits per heavy atom. The van der Waals surface area contributed by atoms with Crippen LogP contribution in [0.4, 0.5) is 0 Å². The number of aliphatic hydroxyl groups is 1. The van der Waals surface area contributed by atoms with Crippen molar-refractivity contribution in [2.24, 2.45) is 5.73 Å². The fourth-order valence-electron chi connectivity index (χ4n) is 4.27. The molecule has 3 nitrogen and oxygen atoms in total. The molecule has 2 aliphatic carbocycles. The van der Waals surface area contributed by atoms with Gasteiger partial charge in [0.25, 0.3) is 0 Å². The van der Waals surface area contributed by atoms with Crippen molar-refractivity contribution < 1.29 is 9.84 Å². The standard InChI is InChI=1S/C22H33NO2/c1-2-3-4-5-12-25-21-9-8-17-13-18(6-7-19(17)14-21)20-10-11-22(23,15-20)16-24/h4-7,13,20-21,24H,2-3,8-12,14-16,23H2,1H3/b5-4+/t20-,21?,22+/m0/s1. The van der Waals surface area contributed by atoms with E-state index in [2.05, 4.69) is 37.3 Å². The number of aryl methyl sites for hydroxylation is 1. The molecule has 138 valence electrons. The van der Waals surface area contributed by atoms with E-state index in [1.54, 1.807) is 0 Å². The van der Waals surface area contributed by atoms with Crippen LogP contribution in [-0.2, 0) is 17.6 Å². The minimum absolute atomic E-state index is 0.0974. The predicted molar refractivity (Wildman–Crippen MR) is 103 cm³/mol. The zero-order chi connectivity index (χ0) is 17.7. The normalized spacial score (nSPS) is 29.2. The van der Waals surface area contributed by atoms with Crippen LogP contribution in [-0.4, -0.2) is 30.0 Å². The van der Waals surface area contributed by atoms with E-state index in [1.807, 2.05) is 0 Å². The number of benzene rings is 1. The Morgan fingerprint density at radius 1 is 1.28 bits per heavy atom. The Hall–Kier alpha value is -1.16. The highest BCUT2D eigenvalue weighted by atomic mass is 16.5. The molecule has 3 atom stereocenters. The second-order valence-electron chi connectivity index (χ2n) is 7.95. The summed E-state index contributed by atoms with van der Waals surface area (Å²) in [6.45, 7) is 3.03. The van der Waals surface area contributed by atoms with E-state index in [0.717, 1.165) is 51.6 Å². The zero-order valence-corrected chi connectivity index (χ0v) is 15.5. The lowest BCUT2D eigenvalue weighted by molar-refractivity contribution is 0.0641. The number of fused-ring (bicyclic) bond motifs is 1. The molecule has 1 aromatic rings. The number of ether oxygens (including phenoxy) is 1. The van der Waals surface area contributed by atoms with Gasteiger partial charge in [0.05, 0.1) is 19.3 Å². The average Bonchev–Trinajstić information content (AvgIpc) is 3.04. The van der Waals surface area contributed by atoms with Gasteiger partial charge in [-0.05, 0) is 67.6 Å². The number of hydrogen-bond acceptors (Lipinski definition) is 3. The summed E-state index contributed by atoms with van der Waals surface area (Å²) in [6.07, 6.45) is 13.2. The fourth-order valence-corrected chi connectivity index (χ4v) is 4.27. The maximum atomic E-state index is 9.49. The first-order valence-corrected chi connectivity index (χ1v) is 9.91. The molecule has 0 spiro atoms. The van der Waals surface area contributed by atoms with Crippen LogP contribution in [0.25, 0.3) is 0 Å². The zero-order valence-electron chi connectivity index (χ0n) is 15.5. The van der Waals surface area contributed by atoms with E-state index in [9.17, 15) is 5.11 Å². The molecule has 1 aromatic carbocycles. The lowest BCUT2D eigenvalue weighted by atomic mass is 9.85. The third kappa shape index (κ3) is 4.72. The van der Waals surface area contributed by atoms with Gasteiger partial charge < -0.3 is 15.6 Å². The van der Waals surface area contributed by atoms with Crippen molar-refractivity contribution in [2.75, 3.05) is 13.2 Å². The molecule has 1 fully saturated rings. The van der Waals surface area contributed by atoms with Crippen molar-refractivity contribution in [1.82, 2.24) is 0 Å². The molecule has 3 heteroatoms. The van der Waals surface area contributed by atoms with Crippen LogP contribution in [0.2, 0.25) is 0 Å². The molecule has 1 saturated carbocycles. The molecule has 0 bridgehead atoms. The first-order valence-electron chi connectivity index (χ1n) is 9.91. The van der Waals surface area contributed by atoms with Crippen LogP contribution < -0.4 is 5.73 Å². The Kier molecular flexibility index (Phi) is 6.32. The molecule has 0 amide bonds. The molecule has 3 rings (SSSR count). The van der Waals surface area contributed by atoms with Crippen LogP contribution in [0.15, 0.2) is 30.4 Å². The third-order valence-corrected chi connectivity index (χ3v) is 5.89. The molecule has 1 unspecified atom stereocenters. The van der Waals surface area contributed by atoms with Crippen molar-refractivity contribution in [2.45, 2.75) is 75.9 Å². The predicted octanol–water partition coefficient (Wildman–Crippen LogP) is 3.87. The molecule has 0 aliphatic heterocycles. The number of unbranched alkanes of at least 4 members (excludes halogenated alkanes) is 1. The summed E-state index contributed by atoms with van der Waals surface area (Å²) in [5.41, 5.74) is 10.2. The van der Waals surface area contributed by atoms with Gasteiger partial charge in [-0.1, -0.05) is 43.7 Å². The van der Waals surface area contributed by atoms with E-state index in [4.69, 9.17) is 10.5 Å². The number of nitrogens with two attached hydrogens (primary N) is 1. The molecule has 25 heavy (non-hydrogen) atoms. The number of rotatable bonds is 7. The monoisotopic (exact) mass is 343 g/mol. The van der Waals surface area contributed by atoms with Crippen molar-refractivity contribution in [3.8, 4) is 0 Å². The molecule has 0 heterocycles. The highest BCUT2D eigenvalue weighted by Crippen LogP contribution is 2.40. The quantitative estimate of drug-likeness (QED) is 0.739. The second kappa shape index (κ2) is 8.48. The van der Waals surface area contributed by atoms with E-state index in [-0.39, 0.29) is 12.1 Å². The maximum Gasteiger partial charge on any atom is 0.0651 e. The summed E-state index contributed by atoms with van der Waals surface area (Å²) >= 11 is 0. The Labute approximate surface area is 152 Å². The first-order chi connectivity index (χ1) is 12.1. The molecule has 3 N–H and O–H groups in total. The van der Waals surface area contributed by atoms with Crippen molar-refractivity contribution in [1.29, 1.82) is 0 Å². The van der Waals surface area contributed by atoms with Crippen LogP contribution in [0.5, 0.6) is 0 Å². The molecule has 2 aliphatic rings. The minimum atomic E-state index is -0.370. The van der Waals surface area contributed by atoms with Gasteiger partial charge >= 0.3 is 0 Å². The highest BCUT2D eigenvalue weighted by molar-refractivity contribution is 5.36. The number of hydrogen-bond donors (Lipinski definition) is 2. The fraction of sp³-hybridized carbons (Fsp3) is 0.636. The van der Waals surface area contributed by atoms with E-state index in [0.29, 0.717) is 12.0 Å². The topological polar surface area (TPSA) is 55.5 Å². The lowest BCUT2D eigenvalue weighted by Crippen LogP contribution is -2.40. The SMILES string of the molecule is CCC/C=C/COC1CCc2cc([C@H]3CC[C@](N)(CO)C3)ccc2C1. The Balaban J connectivity index is 1.56. The molecule has 0 radical (unpaired) electrons. The minimum Gasteiger partial charge on any atom is -0.394 e. The summed E-state index contributed by atoms with van der Waals surface area (Å²) in [5, 5.41) is 9.49. The third-order valence-electron chi connectivity index (χ3n) is 5.89. The lowest BCUT2D eigenvalue weighted by Gasteiger charge is -2.26. The van der Waals surface area contributed by atoms with E-state index >= 15 is 0 Å². The van der Waals surface area contributed by atoms with Crippen molar-refractivity contribution in [3.05, 3.63) is 47.0 Å². The van der Waals surface area contributed by atoms with Gasteiger partial charge in [-0.3, -0.25) is 0 Å². The summed E-state index contributed by atoms with van der Waals surface area (Å²) in [4.78, 5) is 0. The van der Waals surface area contributed by atoms with Crippen molar-refractivity contribution >= 4 is 0 Å². The Morgan fingerprint density at radius 3 is 2.92 bits per heavy atom. The van der Waals surface area contributed by atoms with Crippen LogP contribution in [0.3, 0.4) is 0 Å². The van der Waals surface area contributed by atoms with E-state index < -0.39 is 0 Å². The Bertz CT molecular complexity index is 598. The summed E-state index contributed by atoms with van der Waals surface area (Å²) in [6, 6.07) is 6.96. The highest BCUT2D eigenvalue weighted by Gasteiger charge is 2.36. The number of allylic oxidation sites excluding steroid dienone is 1. The summed E-state index contributed by atoms with van der Waals surface area (Å²) in [7, 11) is 0. The summed E-state index contributed by atoms with van der Waals surface area (Å²) in [5.74, 6) is 0.500. The van der Waals surface area contributed by atoms with Gasteiger partial charge in [0.15, 0.2) is 0 Å². The van der Waals surface area contributed by atoms with E-state index in [1.165, 1.54) is 23.1 Å². The molecular formula is C22H33NO2.